The van der Waals surface area contributed by atoms with Crippen LogP contribution in [0.5, 0.6) is 11.5 Å². The number of hydrogen-bond donors (Lipinski definition) is 0. The summed E-state index contributed by atoms with van der Waals surface area (Å²) >= 11 is 9.56. The third-order valence-corrected chi connectivity index (χ3v) is 5.78. The molecule has 0 atom stereocenters. The van der Waals surface area contributed by atoms with Gasteiger partial charge in [-0.05, 0) is 62.8 Å². The van der Waals surface area contributed by atoms with Gasteiger partial charge in [-0.2, -0.15) is 0 Å². The molecule has 3 aromatic carbocycles. The third kappa shape index (κ3) is 5.42. The first-order valence-electron chi connectivity index (χ1n) is 10.6. The Bertz CT molecular complexity index is 1520. The van der Waals surface area contributed by atoms with Crippen molar-refractivity contribution in [1.82, 2.24) is 30.4 Å². The van der Waals surface area contributed by atoms with E-state index in [-0.39, 0.29) is 12.5 Å². The average Bonchev–Trinajstić information content (AvgIpc) is 3.52. The summed E-state index contributed by atoms with van der Waals surface area (Å²) in [6, 6.07) is 22.0. The second kappa shape index (κ2) is 10.7. The zero-order valence-corrected chi connectivity index (χ0v) is 21.1. The van der Waals surface area contributed by atoms with Crippen molar-refractivity contribution in [3.8, 4) is 23.0 Å². The number of ether oxygens (including phenoxy) is 1. The Balaban J connectivity index is 1.30. The molecule has 0 aliphatic heterocycles. The van der Waals surface area contributed by atoms with E-state index in [0.717, 1.165) is 10.0 Å². The summed E-state index contributed by atoms with van der Waals surface area (Å²) in [6.45, 7) is -0.0395. The van der Waals surface area contributed by atoms with Crippen LogP contribution >= 0.6 is 27.5 Å². The molecule has 0 spiro atoms. The van der Waals surface area contributed by atoms with Gasteiger partial charge in [0.1, 0.15) is 11.5 Å². The quantitative estimate of drug-likeness (QED) is 0.180. The molecule has 0 saturated carbocycles. The zero-order valence-electron chi connectivity index (χ0n) is 18.7. The number of aromatic nitrogens is 6. The molecular formula is C24H17BrClN7O3. The molecule has 0 N–H and O–H groups in total. The summed E-state index contributed by atoms with van der Waals surface area (Å²) in [4.78, 5) is 5.53. The molecule has 0 aliphatic rings. The van der Waals surface area contributed by atoms with Crippen molar-refractivity contribution in [2.45, 2.75) is 6.61 Å². The Kier molecular flexibility index (Phi) is 7.01. The van der Waals surface area contributed by atoms with E-state index < -0.39 is 0 Å². The molecule has 0 bridgehead atoms. The number of benzene rings is 3. The molecule has 5 aromatic rings. The SMILES string of the molecule is Cn1nnnc1/C(=N\OCc1nnc(-c2ccc(Oc3cccc(Cl)c3)cc2Br)o1)c1ccccc1. The summed E-state index contributed by atoms with van der Waals surface area (Å²) < 4.78 is 13.9. The molecular weight excluding hydrogens is 550 g/mol. The van der Waals surface area contributed by atoms with Crippen molar-refractivity contribution in [3.05, 3.63) is 99.6 Å². The molecule has 180 valence electrons. The van der Waals surface area contributed by atoms with Crippen LogP contribution in [-0.2, 0) is 18.5 Å². The predicted octanol–water partition coefficient (Wildman–Crippen LogP) is 5.44. The number of oxime groups is 1. The summed E-state index contributed by atoms with van der Waals surface area (Å²) in [7, 11) is 1.72. The maximum absolute atomic E-state index is 6.02. The van der Waals surface area contributed by atoms with Crippen molar-refractivity contribution in [1.29, 1.82) is 0 Å². The standard InChI is InChI=1S/C24H17BrClN7O3/c1-33-23(28-31-32-33)22(15-6-3-2-4-7-15)30-34-14-21-27-29-24(36-21)19-11-10-18(13-20(19)25)35-17-9-5-8-16(26)12-17/h2-13H,14H2,1H3/b30-22-. The van der Waals surface area contributed by atoms with Gasteiger partial charge < -0.3 is 14.0 Å². The lowest BCUT2D eigenvalue weighted by atomic mass is 10.1. The first-order chi connectivity index (χ1) is 17.6. The molecule has 0 radical (unpaired) electrons. The van der Waals surface area contributed by atoms with E-state index in [4.69, 9.17) is 25.6 Å². The highest BCUT2D eigenvalue weighted by Crippen LogP contribution is 2.33. The normalized spacial score (nSPS) is 11.5. The summed E-state index contributed by atoms with van der Waals surface area (Å²) in [5, 5.41) is 24.6. The molecule has 2 heterocycles. The van der Waals surface area contributed by atoms with E-state index in [1.807, 2.05) is 54.6 Å². The second-order valence-electron chi connectivity index (χ2n) is 7.41. The molecule has 12 heteroatoms. The zero-order chi connectivity index (χ0) is 24.9. The molecule has 0 saturated heterocycles. The summed E-state index contributed by atoms with van der Waals surface area (Å²) in [5.74, 6) is 2.28. The molecule has 0 unspecified atom stereocenters. The minimum Gasteiger partial charge on any atom is -0.457 e. The number of hydrogen-bond acceptors (Lipinski definition) is 9. The number of nitrogens with zero attached hydrogens (tertiary/aromatic N) is 7. The fourth-order valence-electron chi connectivity index (χ4n) is 3.22. The van der Waals surface area contributed by atoms with Crippen LogP contribution in [0.4, 0.5) is 0 Å². The van der Waals surface area contributed by atoms with Crippen molar-refractivity contribution in [2.24, 2.45) is 12.2 Å². The van der Waals surface area contributed by atoms with Gasteiger partial charge >= 0.3 is 0 Å². The lowest BCUT2D eigenvalue weighted by Gasteiger charge is -2.07. The predicted molar refractivity (Wildman–Crippen MR) is 135 cm³/mol. The molecule has 0 amide bonds. The van der Waals surface area contributed by atoms with Crippen LogP contribution in [0.15, 0.2) is 86.8 Å². The lowest BCUT2D eigenvalue weighted by Crippen LogP contribution is -2.12. The van der Waals surface area contributed by atoms with Crippen LogP contribution in [-0.4, -0.2) is 36.1 Å². The maximum Gasteiger partial charge on any atom is 0.257 e. The van der Waals surface area contributed by atoms with Crippen molar-refractivity contribution >= 4 is 33.2 Å². The van der Waals surface area contributed by atoms with Crippen molar-refractivity contribution in [3.63, 3.8) is 0 Å². The Morgan fingerprint density at radius 3 is 2.58 bits per heavy atom. The van der Waals surface area contributed by atoms with Crippen LogP contribution < -0.4 is 4.74 Å². The van der Waals surface area contributed by atoms with E-state index in [2.05, 4.69) is 46.8 Å². The van der Waals surface area contributed by atoms with Gasteiger partial charge in [-0.15, -0.1) is 15.3 Å². The fraction of sp³-hybridized carbons (Fsp3) is 0.0833. The first kappa shape index (κ1) is 23.6. The van der Waals surface area contributed by atoms with E-state index in [1.165, 1.54) is 4.68 Å². The lowest BCUT2D eigenvalue weighted by molar-refractivity contribution is 0.111. The van der Waals surface area contributed by atoms with Gasteiger partial charge in [0, 0.05) is 22.1 Å². The molecule has 10 nitrogen and oxygen atoms in total. The second-order valence-corrected chi connectivity index (χ2v) is 8.70. The first-order valence-corrected chi connectivity index (χ1v) is 11.8. The average molecular weight is 567 g/mol. The van der Waals surface area contributed by atoms with Gasteiger partial charge in [-0.3, -0.25) is 0 Å². The molecule has 0 fully saturated rings. The summed E-state index contributed by atoms with van der Waals surface area (Å²) in [6.07, 6.45) is 0. The Labute approximate surface area is 218 Å². The molecule has 5 rings (SSSR count). The topological polar surface area (TPSA) is 113 Å². The number of rotatable bonds is 8. The monoisotopic (exact) mass is 565 g/mol. The highest BCUT2D eigenvalue weighted by atomic mass is 79.9. The smallest absolute Gasteiger partial charge is 0.257 e. The Morgan fingerprint density at radius 1 is 1.00 bits per heavy atom. The third-order valence-electron chi connectivity index (χ3n) is 4.89. The van der Waals surface area contributed by atoms with Crippen molar-refractivity contribution < 1.29 is 14.0 Å². The minimum atomic E-state index is -0.0395. The fourth-order valence-corrected chi connectivity index (χ4v) is 3.93. The largest absolute Gasteiger partial charge is 0.457 e. The van der Waals surface area contributed by atoms with Gasteiger partial charge in [0.15, 0.2) is 12.3 Å². The molecule has 0 aliphatic carbocycles. The van der Waals surface area contributed by atoms with Gasteiger partial charge in [-0.25, -0.2) is 4.68 Å². The van der Waals surface area contributed by atoms with Crippen LogP contribution in [0.3, 0.4) is 0 Å². The number of aryl methyl sites for hydroxylation is 1. The van der Waals surface area contributed by atoms with E-state index in [9.17, 15) is 0 Å². The van der Waals surface area contributed by atoms with Crippen molar-refractivity contribution in [2.75, 3.05) is 0 Å². The van der Waals surface area contributed by atoms with Gasteiger partial charge in [0.25, 0.3) is 5.89 Å². The van der Waals surface area contributed by atoms with Crippen LogP contribution in [0, 0.1) is 0 Å². The number of halogens is 2. The van der Waals surface area contributed by atoms with Crippen LogP contribution in [0.25, 0.3) is 11.5 Å². The number of tetrazole rings is 1. The van der Waals surface area contributed by atoms with E-state index >= 15 is 0 Å². The van der Waals surface area contributed by atoms with Gasteiger partial charge in [0.05, 0.1) is 5.56 Å². The maximum atomic E-state index is 6.02. The minimum absolute atomic E-state index is 0.0395. The van der Waals surface area contributed by atoms with Crippen LogP contribution in [0.2, 0.25) is 5.02 Å². The van der Waals surface area contributed by atoms with E-state index in [0.29, 0.717) is 39.5 Å². The van der Waals surface area contributed by atoms with Crippen LogP contribution in [0.1, 0.15) is 17.3 Å². The Morgan fingerprint density at radius 2 is 1.83 bits per heavy atom. The highest BCUT2D eigenvalue weighted by Gasteiger charge is 2.16. The van der Waals surface area contributed by atoms with E-state index in [1.54, 1.807) is 25.2 Å². The molecule has 36 heavy (non-hydrogen) atoms. The molecule has 2 aromatic heterocycles. The Hall–Kier alpha value is -4.09. The van der Waals surface area contributed by atoms with Gasteiger partial charge in [0.2, 0.25) is 11.7 Å². The van der Waals surface area contributed by atoms with Gasteiger partial charge in [-0.1, -0.05) is 53.2 Å². The highest BCUT2D eigenvalue weighted by molar-refractivity contribution is 9.10. The summed E-state index contributed by atoms with van der Waals surface area (Å²) in [5.41, 5.74) is 1.97.